The molecule has 21 heavy (non-hydrogen) atoms. The second kappa shape index (κ2) is 21.2. The van der Waals surface area contributed by atoms with E-state index in [1.165, 1.54) is 37.8 Å². The number of carboxylic acid groups (broad SMARTS) is 2. The van der Waals surface area contributed by atoms with Gasteiger partial charge >= 0.3 is 11.9 Å². The fourth-order valence-electron chi connectivity index (χ4n) is 1.39. The van der Waals surface area contributed by atoms with Gasteiger partial charge in [0.2, 0.25) is 0 Å². The van der Waals surface area contributed by atoms with E-state index in [1.54, 1.807) is 12.2 Å². The number of carboxylic acids is 2. The number of carbonyl (C=O) groups is 2. The molecule has 0 aliphatic carbocycles. The summed E-state index contributed by atoms with van der Waals surface area (Å²) >= 11 is 0. The molecular weight excluding hydrogens is 315 g/mol. The van der Waals surface area contributed by atoms with Crippen LogP contribution in [0.25, 0.3) is 0 Å². The largest absolute Gasteiger partial charge is 0.478 e. The molecule has 0 rings (SSSR count). The van der Waals surface area contributed by atoms with E-state index in [9.17, 15) is 9.59 Å². The molecule has 0 aromatic carbocycles. The third kappa shape index (κ3) is 32.5. The second-order valence-corrected chi connectivity index (χ2v) is 4.47. The Morgan fingerprint density at radius 2 is 1.10 bits per heavy atom. The van der Waals surface area contributed by atoms with Crippen molar-refractivity contribution < 1.29 is 36.6 Å². The predicted molar refractivity (Wildman–Crippen MR) is 81.8 cm³/mol. The van der Waals surface area contributed by atoms with Gasteiger partial charge in [-0.1, -0.05) is 51.7 Å². The van der Waals surface area contributed by atoms with Crippen LogP contribution in [-0.4, -0.2) is 22.2 Å². The number of aliphatic carboxylic acids is 2. The molecule has 0 amide bonds. The molecule has 0 aliphatic rings. The van der Waals surface area contributed by atoms with Crippen LogP contribution in [-0.2, 0) is 26.4 Å². The van der Waals surface area contributed by atoms with Gasteiger partial charge in [0.05, 0.1) is 0 Å². The Bertz CT molecular complexity index is 269. The molecule has 0 aromatic rings. The third-order valence-electron chi connectivity index (χ3n) is 2.47. The molecular formula is C16H28CoO4. The Morgan fingerprint density at radius 3 is 1.33 bits per heavy atom. The van der Waals surface area contributed by atoms with Crippen LogP contribution in [0.1, 0.15) is 65.2 Å². The van der Waals surface area contributed by atoms with Crippen molar-refractivity contribution in [3.63, 3.8) is 0 Å². The van der Waals surface area contributed by atoms with E-state index in [0.717, 1.165) is 25.7 Å². The van der Waals surface area contributed by atoms with E-state index >= 15 is 0 Å². The van der Waals surface area contributed by atoms with Gasteiger partial charge in [-0.15, -0.1) is 0 Å². The van der Waals surface area contributed by atoms with Crippen molar-refractivity contribution in [3.8, 4) is 0 Å². The summed E-state index contributed by atoms with van der Waals surface area (Å²) in [5.41, 5.74) is 0. The van der Waals surface area contributed by atoms with Crippen molar-refractivity contribution in [2.24, 2.45) is 0 Å². The average Bonchev–Trinajstić information content (AvgIpc) is 2.38. The molecule has 0 atom stereocenters. The monoisotopic (exact) mass is 343 g/mol. The molecule has 0 saturated carbocycles. The molecule has 0 saturated heterocycles. The molecule has 4 nitrogen and oxygen atoms in total. The minimum Gasteiger partial charge on any atom is -0.478 e. The summed E-state index contributed by atoms with van der Waals surface area (Å²) in [6.45, 7) is 4.25. The van der Waals surface area contributed by atoms with Crippen LogP contribution in [0.4, 0.5) is 0 Å². The standard InChI is InChI=1S/2C8H14O2.Co/c2*1-2-3-4-5-6-7-8(9)10;/h2*6-7H,2-5H2,1H3,(H,9,10);. The summed E-state index contributed by atoms with van der Waals surface area (Å²) in [6.07, 6.45) is 14.5. The molecule has 125 valence electrons. The van der Waals surface area contributed by atoms with Gasteiger partial charge in [0.15, 0.2) is 0 Å². The van der Waals surface area contributed by atoms with E-state index in [2.05, 4.69) is 13.8 Å². The van der Waals surface area contributed by atoms with Crippen LogP contribution < -0.4 is 0 Å². The van der Waals surface area contributed by atoms with Crippen LogP contribution in [0.15, 0.2) is 24.3 Å². The van der Waals surface area contributed by atoms with Gasteiger partial charge in [0, 0.05) is 28.9 Å². The van der Waals surface area contributed by atoms with Gasteiger partial charge < -0.3 is 10.2 Å². The minimum atomic E-state index is -0.850. The Labute approximate surface area is 138 Å². The fraction of sp³-hybridized carbons (Fsp3) is 0.625. The van der Waals surface area contributed by atoms with E-state index in [4.69, 9.17) is 10.2 Å². The van der Waals surface area contributed by atoms with E-state index in [1.807, 2.05) is 0 Å². The van der Waals surface area contributed by atoms with Crippen LogP contribution in [0.5, 0.6) is 0 Å². The topological polar surface area (TPSA) is 74.6 Å². The first-order chi connectivity index (χ1) is 9.54. The maximum atomic E-state index is 9.95. The minimum absolute atomic E-state index is 0. The van der Waals surface area contributed by atoms with Gasteiger partial charge in [0.1, 0.15) is 0 Å². The molecule has 0 bridgehead atoms. The van der Waals surface area contributed by atoms with Gasteiger partial charge in [0.25, 0.3) is 0 Å². The zero-order chi connectivity index (χ0) is 15.6. The zero-order valence-corrected chi connectivity index (χ0v) is 14.1. The van der Waals surface area contributed by atoms with Crippen LogP contribution in [0.2, 0.25) is 0 Å². The van der Waals surface area contributed by atoms with Crippen molar-refractivity contribution in [1.29, 1.82) is 0 Å². The van der Waals surface area contributed by atoms with Gasteiger partial charge in [-0.2, -0.15) is 0 Å². The molecule has 1 radical (unpaired) electrons. The first-order valence-electron chi connectivity index (χ1n) is 7.33. The van der Waals surface area contributed by atoms with Gasteiger partial charge in [-0.3, -0.25) is 0 Å². The van der Waals surface area contributed by atoms with Crippen molar-refractivity contribution >= 4 is 11.9 Å². The van der Waals surface area contributed by atoms with Crippen molar-refractivity contribution in [2.45, 2.75) is 65.2 Å². The Kier molecular flexibility index (Phi) is 25.2. The second-order valence-electron chi connectivity index (χ2n) is 4.47. The molecule has 0 aromatic heterocycles. The predicted octanol–water partition coefficient (Wildman–Crippen LogP) is 4.41. The quantitative estimate of drug-likeness (QED) is 0.455. The first-order valence-corrected chi connectivity index (χ1v) is 7.33. The normalized spacial score (nSPS) is 10.0. The molecule has 0 heterocycles. The van der Waals surface area contributed by atoms with E-state index in [0.29, 0.717) is 0 Å². The summed E-state index contributed by atoms with van der Waals surface area (Å²) in [6, 6.07) is 0. The molecule has 5 heteroatoms. The maximum absolute atomic E-state index is 9.95. The summed E-state index contributed by atoms with van der Waals surface area (Å²) in [4.78, 5) is 19.9. The molecule has 0 spiro atoms. The Balaban J connectivity index is -0.000000295. The molecule has 0 aliphatic heterocycles. The number of allylic oxidation sites excluding steroid dienone is 2. The van der Waals surface area contributed by atoms with Gasteiger partial charge in [-0.05, 0) is 25.7 Å². The number of unbranched alkanes of at least 4 members (excludes halogenated alkanes) is 6. The van der Waals surface area contributed by atoms with Crippen LogP contribution in [0, 0.1) is 0 Å². The maximum Gasteiger partial charge on any atom is 0.327 e. The molecule has 0 fully saturated rings. The van der Waals surface area contributed by atoms with Crippen molar-refractivity contribution in [3.05, 3.63) is 24.3 Å². The van der Waals surface area contributed by atoms with Crippen molar-refractivity contribution in [2.75, 3.05) is 0 Å². The summed E-state index contributed by atoms with van der Waals surface area (Å²) in [7, 11) is 0. The van der Waals surface area contributed by atoms with E-state index in [-0.39, 0.29) is 16.8 Å². The Hall–Kier alpha value is -1.07. The third-order valence-corrected chi connectivity index (χ3v) is 2.47. The number of hydrogen-bond donors (Lipinski definition) is 2. The SMILES string of the molecule is CCCCCC=CC(=O)O.CCCCCC=CC(=O)O.[Co]. The molecule has 0 unspecified atom stereocenters. The van der Waals surface area contributed by atoms with Crippen molar-refractivity contribution in [1.82, 2.24) is 0 Å². The van der Waals surface area contributed by atoms with Crippen LogP contribution in [0.3, 0.4) is 0 Å². The average molecular weight is 343 g/mol. The van der Waals surface area contributed by atoms with E-state index < -0.39 is 11.9 Å². The zero-order valence-electron chi connectivity index (χ0n) is 13.0. The summed E-state index contributed by atoms with van der Waals surface area (Å²) in [5, 5.41) is 16.4. The first kappa shape index (κ1) is 24.9. The Morgan fingerprint density at radius 1 is 0.762 bits per heavy atom. The van der Waals surface area contributed by atoms with Gasteiger partial charge in [-0.25, -0.2) is 9.59 Å². The number of rotatable bonds is 10. The fourth-order valence-corrected chi connectivity index (χ4v) is 1.39. The smallest absolute Gasteiger partial charge is 0.327 e. The van der Waals surface area contributed by atoms with Crippen LogP contribution >= 0.6 is 0 Å². The number of hydrogen-bond acceptors (Lipinski definition) is 2. The summed E-state index contributed by atoms with van der Waals surface area (Å²) < 4.78 is 0. The summed E-state index contributed by atoms with van der Waals surface area (Å²) in [5.74, 6) is -1.70. The molecule has 2 N–H and O–H groups in total.